The van der Waals surface area contributed by atoms with Gasteiger partial charge in [-0.3, -0.25) is 9.59 Å². The van der Waals surface area contributed by atoms with Crippen LogP contribution in [0, 0.1) is 0 Å². The highest BCUT2D eigenvalue weighted by molar-refractivity contribution is 5.97. The predicted octanol–water partition coefficient (Wildman–Crippen LogP) is 0.744. The number of piperidine rings is 2. The number of rotatable bonds is 4. The van der Waals surface area contributed by atoms with E-state index in [4.69, 9.17) is 5.73 Å². The van der Waals surface area contributed by atoms with Crippen LogP contribution in [-0.4, -0.2) is 83.9 Å². The molecule has 3 heterocycles. The molecule has 0 aromatic carbocycles. The van der Waals surface area contributed by atoms with Crippen LogP contribution in [0.15, 0.2) is 12.1 Å². The fraction of sp³-hybridized carbons (Fsp3) is 0.667. The number of primary amides is 1. The number of likely N-dealkylation sites (tertiary alicyclic amines) is 2. The summed E-state index contributed by atoms with van der Waals surface area (Å²) in [5.74, 6) is -0.541. The molecule has 138 valence electrons. The van der Waals surface area contributed by atoms with Crippen molar-refractivity contribution in [3.63, 3.8) is 0 Å². The quantitative estimate of drug-likeness (QED) is 0.841. The molecular formula is C18H29N5O2. The molecule has 2 aliphatic heterocycles. The minimum Gasteiger partial charge on any atom is -0.364 e. The van der Waals surface area contributed by atoms with Gasteiger partial charge in [0.1, 0.15) is 11.4 Å². The first-order valence-electron chi connectivity index (χ1n) is 9.14. The van der Waals surface area contributed by atoms with Gasteiger partial charge in [-0.2, -0.15) is 0 Å². The molecule has 2 fully saturated rings. The second kappa shape index (κ2) is 7.58. The lowest BCUT2D eigenvalue weighted by molar-refractivity contribution is 0.0336. The molecule has 0 unspecified atom stereocenters. The van der Waals surface area contributed by atoms with Crippen molar-refractivity contribution in [3.8, 4) is 0 Å². The first-order valence-corrected chi connectivity index (χ1v) is 9.14. The smallest absolute Gasteiger partial charge is 0.270 e. The normalized spacial score (nSPS) is 21.4. The predicted molar refractivity (Wildman–Crippen MR) is 96.5 cm³/mol. The monoisotopic (exact) mass is 347 g/mol. The Hall–Kier alpha value is -1.86. The van der Waals surface area contributed by atoms with Crippen molar-refractivity contribution in [2.75, 3.05) is 40.3 Å². The number of aromatic nitrogens is 1. The third kappa shape index (κ3) is 4.04. The van der Waals surface area contributed by atoms with Gasteiger partial charge in [0.2, 0.25) is 0 Å². The van der Waals surface area contributed by atoms with Gasteiger partial charge in [0.25, 0.3) is 11.8 Å². The Morgan fingerprint density at radius 3 is 1.80 bits per heavy atom. The van der Waals surface area contributed by atoms with E-state index in [1.807, 2.05) is 0 Å². The minimum atomic E-state index is -0.538. The van der Waals surface area contributed by atoms with Gasteiger partial charge in [0, 0.05) is 12.1 Å². The van der Waals surface area contributed by atoms with Gasteiger partial charge in [-0.05, 0) is 78.1 Å². The van der Waals surface area contributed by atoms with Crippen molar-refractivity contribution in [2.45, 2.75) is 37.8 Å². The lowest BCUT2D eigenvalue weighted by Gasteiger charge is -2.44. The van der Waals surface area contributed by atoms with Crippen molar-refractivity contribution < 1.29 is 9.59 Å². The Kier molecular flexibility index (Phi) is 5.44. The summed E-state index contributed by atoms with van der Waals surface area (Å²) in [6.07, 6.45) is 3.99. The Balaban J connectivity index is 1.81. The van der Waals surface area contributed by atoms with Crippen LogP contribution in [0.4, 0.5) is 0 Å². The highest BCUT2D eigenvalue weighted by atomic mass is 16.2. The van der Waals surface area contributed by atoms with Gasteiger partial charge in [-0.1, -0.05) is 0 Å². The third-order valence-electron chi connectivity index (χ3n) is 5.58. The van der Waals surface area contributed by atoms with E-state index in [-0.39, 0.29) is 23.7 Å². The molecule has 2 aliphatic rings. The maximum atomic E-state index is 13.3. The molecule has 3 N–H and O–H groups in total. The number of carbonyl (C=O) groups is 2. The van der Waals surface area contributed by atoms with Gasteiger partial charge in [0.15, 0.2) is 0 Å². The maximum absolute atomic E-state index is 13.3. The number of amides is 2. The standard InChI is InChI=1S/C18H29N5O2/c1-21-9-5-13(6-10-21)23(14-7-11-22(2)12-8-14)18(25)16-4-3-15(20-16)17(19)24/h3-4,13-14,20H,5-12H2,1-2H3,(H2,19,24). The Morgan fingerprint density at radius 2 is 1.40 bits per heavy atom. The highest BCUT2D eigenvalue weighted by Crippen LogP contribution is 2.26. The van der Waals surface area contributed by atoms with E-state index in [1.54, 1.807) is 12.1 Å². The number of hydrogen-bond donors (Lipinski definition) is 2. The second-order valence-corrected chi connectivity index (χ2v) is 7.43. The number of nitrogens with two attached hydrogens (primary N) is 1. The van der Waals surface area contributed by atoms with Gasteiger partial charge in [-0.25, -0.2) is 0 Å². The minimum absolute atomic E-state index is 0.00314. The second-order valence-electron chi connectivity index (χ2n) is 7.43. The van der Waals surface area contributed by atoms with E-state index in [1.165, 1.54) is 0 Å². The Labute approximate surface area is 149 Å². The van der Waals surface area contributed by atoms with Crippen LogP contribution < -0.4 is 5.73 Å². The Bertz CT molecular complexity index is 591. The zero-order valence-electron chi connectivity index (χ0n) is 15.2. The SMILES string of the molecule is CN1CCC(N(C(=O)c2ccc(C(N)=O)[nH]2)C2CCN(C)CC2)CC1. The van der Waals surface area contributed by atoms with E-state index in [9.17, 15) is 9.59 Å². The summed E-state index contributed by atoms with van der Waals surface area (Å²) in [5, 5.41) is 0. The average Bonchev–Trinajstić information content (AvgIpc) is 3.09. The fourth-order valence-corrected chi connectivity index (χ4v) is 3.98. The van der Waals surface area contributed by atoms with Crippen LogP contribution >= 0.6 is 0 Å². The van der Waals surface area contributed by atoms with E-state index in [2.05, 4.69) is 33.8 Å². The maximum Gasteiger partial charge on any atom is 0.270 e. The lowest BCUT2D eigenvalue weighted by atomic mass is 9.96. The first kappa shape index (κ1) is 17.9. The zero-order valence-corrected chi connectivity index (χ0v) is 15.2. The summed E-state index contributed by atoms with van der Waals surface area (Å²) in [4.78, 5) is 34.2. The number of aromatic amines is 1. The molecule has 0 bridgehead atoms. The number of nitrogens with zero attached hydrogens (tertiary/aromatic N) is 3. The van der Waals surface area contributed by atoms with Crippen LogP contribution in [0.25, 0.3) is 0 Å². The molecule has 2 saturated heterocycles. The molecule has 1 aromatic rings. The Morgan fingerprint density at radius 1 is 0.960 bits per heavy atom. The van der Waals surface area contributed by atoms with Crippen LogP contribution in [0.2, 0.25) is 0 Å². The van der Waals surface area contributed by atoms with Crippen molar-refractivity contribution in [2.24, 2.45) is 5.73 Å². The van der Waals surface area contributed by atoms with Gasteiger partial charge in [-0.15, -0.1) is 0 Å². The number of H-pyrrole nitrogens is 1. The van der Waals surface area contributed by atoms with Crippen LogP contribution in [-0.2, 0) is 0 Å². The summed E-state index contributed by atoms with van der Waals surface area (Å²) >= 11 is 0. The first-order chi connectivity index (χ1) is 12.0. The molecule has 0 radical (unpaired) electrons. The lowest BCUT2D eigenvalue weighted by Crippen LogP contribution is -2.54. The van der Waals surface area contributed by atoms with Crippen LogP contribution in [0.3, 0.4) is 0 Å². The average molecular weight is 347 g/mol. The molecule has 3 rings (SSSR count). The summed E-state index contributed by atoms with van der Waals surface area (Å²) in [7, 11) is 4.25. The molecule has 25 heavy (non-hydrogen) atoms. The topological polar surface area (TPSA) is 85.7 Å². The molecule has 0 atom stereocenters. The van der Waals surface area contributed by atoms with Crippen LogP contribution in [0.1, 0.15) is 46.7 Å². The summed E-state index contributed by atoms with van der Waals surface area (Å²) < 4.78 is 0. The zero-order chi connectivity index (χ0) is 18.0. The molecule has 2 amide bonds. The summed E-state index contributed by atoms with van der Waals surface area (Å²) in [6, 6.07) is 3.80. The highest BCUT2D eigenvalue weighted by Gasteiger charge is 2.35. The molecule has 0 saturated carbocycles. The van der Waals surface area contributed by atoms with E-state index >= 15 is 0 Å². The summed E-state index contributed by atoms with van der Waals surface area (Å²) in [5.41, 5.74) is 6.06. The van der Waals surface area contributed by atoms with Gasteiger partial charge >= 0.3 is 0 Å². The van der Waals surface area contributed by atoms with E-state index in [0.717, 1.165) is 51.9 Å². The number of hydrogen-bond acceptors (Lipinski definition) is 4. The van der Waals surface area contributed by atoms with Crippen molar-refractivity contribution >= 4 is 11.8 Å². The van der Waals surface area contributed by atoms with Crippen molar-refractivity contribution in [1.82, 2.24) is 19.7 Å². The van der Waals surface area contributed by atoms with E-state index in [0.29, 0.717) is 5.69 Å². The molecule has 0 aliphatic carbocycles. The number of carbonyl (C=O) groups excluding carboxylic acids is 2. The van der Waals surface area contributed by atoms with E-state index < -0.39 is 5.91 Å². The van der Waals surface area contributed by atoms with Gasteiger partial charge in [0.05, 0.1) is 0 Å². The molecular weight excluding hydrogens is 318 g/mol. The molecule has 0 spiro atoms. The largest absolute Gasteiger partial charge is 0.364 e. The van der Waals surface area contributed by atoms with Gasteiger partial charge < -0.3 is 25.4 Å². The third-order valence-corrected chi connectivity index (χ3v) is 5.58. The van der Waals surface area contributed by atoms with Crippen molar-refractivity contribution in [3.05, 3.63) is 23.5 Å². The molecule has 7 nitrogen and oxygen atoms in total. The fourth-order valence-electron chi connectivity index (χ4n) is 3.98. The molecule has 7 heteroatoms. The summed E-state index contributed by atoms with van der Waals surface area (Å²) in [6.45, 7) is 4.05. The number of nitrogens with one attached hydrogen (secondary N) is 1. The van der Waals surface area contributed by atoms with Crippen molar-refractivity contribution in [1.29, 1.82) is 0 Å². The molecule has 1 aromatic heterocycles. The van der Waals surface area contributed by atoms with Crippen LogP contribution in [0.5, 0.6) is 0 Å².